The highest BCUT2D eigenvalue weighted by Crippen LogP contribution is 2.39. The van der Waals surface area contributed by atoms with Crippen molar-refractivity contribution in [1.82, 2.24) is 0 Å². The molecule has 0 radical (unpaired) electrons. The van der Waals surface area contributed by atoms with Crippen LogP contribution in [0.4, 0.5) is 13.2 Å². The van der Waals surface area contributed by atoms with E-state index in [1.165, 1.54) is 36.4 Å². The summed E-state index contributed by atoms with van der Waals surface area (Å²) in [6.45, 7) is 3.07. The zero-order valence-electron chi connectivity index (χ0n) is 18.1. The first-order valence-electron chi connectivity index (χ1n) is 9.99. The Morgan fingerprint density at radius 2 is 1.71 bits per heavy atom. The molecule has 35 heavy (non-hydrogen) atoms. The highest BCUT2D eigenvalue weighted by atomic mass is 35.5. The van der Waals surface area contributed by atoms with Crippen LogP contribution in [0.5, 0.6) is 17.2 Å². The predicted octanol–water partition coefficient (Wildman–Crippen LogP) is 5.41. The van der Waals surface area contributed by atoms with Crippen LogP contribution in [0.1, 0.15) is 33.2 Å². The average Bonchev–Trinajstić information content (AvgIpc) is 3.26. The largest absolute Gasteiger partial charge is 0.542 e. The van der Waals surface area contributed by atoms with Gasteiger partial charge in [-0.05, 0) is 61.4 Å². The van der Waals surface area contributed by atoms with E-state index < -0.39 is 34.8 Å². The Bertz CT molecular complexity index is 1480. The molecule has 0 atom stereocenters. The Labute approximate surface area is 200 Å². The second-order valence-corrected chi connectivity index (χ2v) is 7.94. The predicted molar refractivity (Wildman–Crippen MR) is 116 cm³/mol. The van der Waals surface area contributed by atoms with Crippen LogP contribution in [0.25, 0.3) is 11.0 Å². The lowest BCUT2D eigenvalue weighted by Gasteiger charge is -2.15. The molecule has 0 aliphatic heterocycles. The Kier molecular flexibility index (Phi) is 6.25. The Morgan fingerprint density at radius 3 is 2.31 bits per heavy atom. The van der Waals surface area contributed by atoms with Crippen molar-refractivity contribution in [2.24, 2.45) is 0 Å². The number of furan rings is 1. The molecule has 182 valence electrons. The number of hydrogen-bond acceptors (Lipinski definition) is 7. The normalized spacial score (nSPS) is 11.6. The first-order chi connectivity index (χ1) is 16.4. The number of carbonyl (C=O) groups excluding carboxylic acids is 1. The number of fused-ring (bicyclic) bond motifs is 1. The minimum absolute atomic E-state index is 0.00381. The van der Waals surface area contributed by atoms with Crippen LogP contribution in [0.15, 0.2) is 56.1 Å². The van der Waals surface area contributed by atoms with Crippen molar-refractivity contribution in [3.05, 3.63) is 86.1 Å². The first-order valence-corrected chi connectivity index (χ1v) is 10.4. The summed E-state index contributed by atoms with van der Waals surface area (Å²) >= 11 is 6.10. The zero-order valence-corrected chi connectivity index (χ0v) is 18.9. The smallest absolute Gasteiger partial charge is 0.453 e. The van der Waals surface area contributed by atoms with Crippen molar-refractivity contribution >= 4 is 28.5 Å². The molecule has 0 aliphatic rings. The Hall–Kier alpha value is -3.92. The van der Waals surface area contributed by atoms with Crippen LogP contribution in [0, 0.1) is 13.8 Å². The minimum atomic E-state index is -5.04. The van der Waals surface area contributed by atoms with Gasteiger partial charge in [0.2, 0.25) is 11.2 Å². The third-order valence-corrected chi connectivity index (χ3v) is 5.55. The van der Waals surface area contributed by atoms with Crippen LogP contribution in [0.3, 0.4) is 0 Å². The van der Waals surface area contributed by atoms with Gasteiger partial charge < -0.3 is 28.2 Å². The third kappa shape index (κ3) is 4.97. The van der Waals surface area contributed by atoms with Gasteiger partial charge in [-0.1, -0.05) is 11.6 Å². The van der Waals surface area contributed by atoms with Crippen molar-refractivity contribution in [2.75, 3.05) is 0 Å². The number of carboxylic acid groups (broad SMARTS) is 1. The maximum atomic E-state index is 13.8. The average molecular weight is 508 g/mol. The number of halogens is 4. The van der Waals surface area contributed by atoms with Crippen molar-refractivity contribution in [3.63, 3.8) is 0 Å². The molecule has 4 rings (SSSR count). The quantitative estimate of drug-likeness (QED) is 0.344. The van der Waals surface area contributed by atoms with E-state index in [1.807, 2.05) is 0 Å². The Morgan fingerprint density at radius 1 is 1.03 bits per heavy atom. The van der Waals surface area contributed by atoms with Gasteiger partial charge in [-0.2, -0.15) is 13.2 Å². The molecule has 0 spiro atoms. The van der Waals surface area contributed by atoms with Crippen LogP contribution in [-0.2, 0) is 12.8 Å². The molecule has 7 nitrogen and oxygen atoms in total. The van der Waals surface area contributed by atoms with Crippen molar-refractivity contribution in [1.29, 1.82) is 0 Å². The number of aryl methyl sites for hydroxylation is 2. The monoisotopic (exact) mass is 507 g/mol. The van der Waals surface area contributed by atoms with Crippen LogP contribution in [0.2, 0.25) is 5.02 Å². The van der Waals surface area contributed by atoms with Gasteiger partial charge in [0, 0.05) is 11.1 Å². The van der Waals surface area contributed by atoms with Gasteiger partial charge in [0.1, 0.15) is 41.2 Å². The SMILES string of the molecule is Cc1cc(Oc2c(C(F)(F)F)oc3cc(OCc4ccc(C(=O)[O-])o4)ccc3c2=O)cc(C)c1Cl. The number of carboxylic acids is 1. The summed E-state index contributed by atoms with van der Waals surface area (Å²) < 4.78 is 62.2. The summed E-state index contributed by atoms with van der Waals surface area (Å²) in [5, 5.41) is 11.0. The fraction of sp³-hybridized carbons (Fsp3) is 0.167. The van der Waals surface area contributed by atoms with E-state index in [4.69, 9.17) is 29.9 Å². The molecule has 0 saturated carbocycles. The molecule has 2 heterocycles. The number of rotatable bonds is 6. The molecule has 0 fully saturated rings. The molecule has 0 saturated heterocycles. The van der Waals surface area contributed by atoms with Gasteiger partial charge in [-0.15, -0.1) is 0 Å². The summed E-state index contributed by atoms with van der Waals surface area (Å²) in [5.74, 6) is -4.34. The number of aromatic carboxylic acids is 1. The highest BCUT2D eigenvalue weighted by Gasteiger charge is 2.40. The van der Waals surface area contributed by atoms with Gasteiger partial charge >= 0.3 is 6.18 Å². The van der Waals surface area contributed by atoms with Gasteiger partial charge in [-0.3, -0.25) is 4.79 Å². The molecule has 11 heteroatoms. The van der Waals surface area contributed by atoms with Gasteiger partial charge in [0.05, 0.1) is 5.39 Å². The molecule has 0 N–H and O–H groups in total. The topological polar surface area (TPSA) is 102 Å². The number of hydrogen-bond donors (Lipinski definition) is 0. The molecular formula is C24H15ClF3O7-. The number of alkyl halides is 3. The fourth-order valence-electron chi connectivity index (χ4n) is 3.33. The third-order valence-electron chi connectivity index (χ3n) is 4.95. The van der Waals surface area contributed by atoms with Crippen LogP contribution >= 0.6 is 11.6 Å². The van der Waals surface area contributed by atoms with Gasteiger partial charge in [0.25, 0.3) is 5.76 Å². The number of carbonyl (C=O) groups is 1. The lowest BCUT2D eigenvalue weighted by Crippen LogP contribution is -2.21. The van der Waals surface area contributed by atoms with E-state index in [1.54, 1.807) is 13.8 Å². The standard InChI is InChI=1S/C24H16ClF3O7/c1-11-7-15(8-12(2)19(11)25)34-21-20(29)16-5-3-13(9-18(16)35-22(21)24(26,27)28)32-10-14-4-6-17(33-14)23(30)31/h3-9H,10H2,1-2H3,(H,30,31)/p-1. The van der Waals surface area contributed by atoms with E-state index in [9.17, 15) is 27.9 Å². The van der Waals surface area contributed by atoms with Crippen LogP contribution in [-0.4, -0.2) is 5.97 Å². The highest BCUT2D eigenvalue weighted by molar-refractivity contribution is 6.32. The summed E-state index contributed by atoms with van der Waals surface area (Å²) in [4.78, 5) is 23.7. The fourth-order valence-corrected chi connectivity index (χ4v) is 3.44. The van der Waals surface area contributed by atoms with Crippen molar-refractivity contribution in [3.8, 4) is 17.2 Å². The van der Waals surface area contributed by atoms with Gasteiger partial charge in [-0.25, -0.2) is 0 Å². The lowest BCUT2D eigenvalue weighted by atomic mass is 10.1. The molecule has 2 aromatic heterocycles. The number of benzene rings is 2. The molecule has 0 amide bonds. The molecule has 0 aliphatic carbocycles. The van der Waals surface area contributed by atoms with Crippen molar-refractivity contribution in [2.45, 2.75) is 26.6 Å². The summed E-state index contributed by atoms with van der Waals surface area (Å²) in [6, 6.07) is 9.03. The summed E-state index contributed by atoms with van der Waals surface area (Å²) in [6.07, 6.45) is -5.04. The van der Waals surface area contributed by atoms with E-state index in [0.717, 1.165) is 6.07 Å². The second kappa shape index (κ2) is 9.03. The lowest BCUT2D eigenvalue weighted by molar-refractivity contribution is -0.257. The summed E-state index contributed by atoms with van der Waals surface area (Å²) in [5.41, 5.74) is -0.290. The molecular weight excluding hydrogens is 493 g/mol. The molecule has 0 bridgehead atoms. The minimum Gasteiger partial charge on any atom is -0.542 e. The van der Waals surface area contributed by atoms with Crippen LogP contribution < -0.4 is 20.0 Å². The van der Waals surface area contributed by atoms with Gasteiger partial charge in [0.15, 0.2) is 0 Å². The van der Waals surface area contributed by atoms with E-state index in [-0.39, 0.29) is 34.8 Å². The Balaban J connectivity index is 1.71. The van der Waals surface area contributed by atoms with E-state index >= 15 is 0 Å². The zero-order chi connectivity index (χ0) is 25.5. The summed E-state index contributed by atoms with van der Waals surface area (Å²) in [7, 11) is 0. The van der Waals surface area contributed by atoms with E-state index in [2.05, 4.69) is 0 Å². The molecule has 4 aromatic rings. The van der Waals surface area contributed by atoms with Crippen molar-refractivity contribution < 1.29 is 41.4 Å². The number of ether oxygens (including phenoxy) is 2. The maximum absolute atomic E-state index is 13.8. The van der Waals surface area contributed by atoms with E-state index in [0.29, 0.717) is 16.1 Å². The second-order valence-electron chi connectivity index (χ2n) is 7.56. The molecule has 0 unspecified atom stereocenters. The maximum Gasteiger partial charge on any atom is 0.453 e. The first kappa shape index (κ1) is 24.2. The molecule has 2 aromatic carbocycles.